The van der Waals surface area contributed by atoms with Gasteiger partial charge in [0.1, 0.15) is 0 Å². The quantitative estimate of drug-likeness (QED) is 0.679. The third kappa shape index (κ3) is 5.04. The summed E-state index contributed by atoms with van der Waals surface area (Å²) in [6.07, 6.45) is 1.24. The van der Waals surface area contributed by atoms with Crippen molar-refractivity contribution in [3.8, 4) is 0 Å². The van der Waals surface area contributed by atoms with E-state index in [0.29, 0.717) is 5.75 Å². The lowest BCUT2D eigenvalue weighted by atomic mass is 10.3. The summed E-state index contributed by atoms with van der Waals surface area (Å²) in [5.41, 5.74) is 0.857. The zero-order chi connectivity index (χ0) is 11.3. The Kier molecular flexibility index (Phi) is 4.91. The van der Waals surface area contributed by atoms with Gasteiger partial charge in [0, 0.05) is 21.2 Å². The normalized spacial score (nSPS) is 11.5. The molecule has 0 saturated carbocycles. The highest BCUT2D eigenvalue weighted by molar-refractivity contribution is 9.10. The predicted molar refractivity (Wildman–Crippen MR) is 66.3 cm³/mol. The lowest BCUT2D eigenvalue weighted by Crippen LogP contribution is -1.91. The molecule has 1 aromatic rings. The lowest BCUT2D eigenvalue weighted by molar-refractivity contribution is -0.131. The van der Waals surface area contributed by atoms with Crippen LogP contribution in [-0.4, -0.2) is 16.8 Å². The maximum absolute atomic E-state index is 10.4. The smallest absolute Gasteiger partial charge is 0.328 e. The SMILES string of the molecule is CC(=CC(=O)O)CSc1ccc(Br)cc1. The van der Waals surface area contributed by atoms with Crippen LogP contribution in [0.25, 0.3) is 0 Å². The fraction of sp³-hybridized carbons (Fsp3) is 0.182. The highest BCUT2D eigenvalue weighted by Crippen LogP contribution is 2.22. The Labute approximate surface area is 102 Å². The zero-order valence-corrected chi connectivity index (χ0v) is 10.6. The summed E-state index contributed by atoms with van der Waals surface area (Å²) >= 11 is 4.99. The summed E-state index contributed by atoms with van der Waals surface area (Å²) in [5.74, 6) is -0.183. The molecule has 0 amide bonds. The summed E-state index contributed by atoms with van der Waals surface area (Å²) in [4.78, 5) is 11.5. The molecule has 0 heterocycles. The molecule has 2 nitrogen and oxygen atoms in total. The van der Waals surface area contributed by atoms with Crippen molar-refractivity contribution in [3.63, 3.8) is 0 Å². The number of carbonyl (C=O) groups is 1. The number of halogens is 1. The number of carboxylic acids is 1. The molecule has 0 fully saturated rings. The van der Waals surface area contributed by atoms with E-state index in [2.05, 4.69) is 15.9 Å². The molecule has 0 radical (unpaired) electrons. The van der Waals surface area contributed by atoms with Crippen LogP contribution in [0.4, 0.5) is 0 Å². The summed E-state index contributed by atoms with van der Waals surface area (Å²) in [6.45, 7) is 1.82. The predicted octanol–water partition coefficient (Wildman–Crippen LogP) is 3.57. The summed E-state index contributed by atoms with van der Waals surface area (Å²) < 4.78 is 1.05. The first-order valence-corrected chi connectivity index (χ1v) is 6.14. The highest BCUT2D eigenvalue weighted by Gasteiger charge is 1.97. The summed E-state index contributed by atoms with van der Waals surface area (Å²) in [5, 5.41) is 8.53. The Morgan fingerprint density at radius 3 is 2.60 bits per heavy atom. The number of benzene rings is 1. The number of thioether (sulfide) groups is 1. The monoisotopic (exact) mass is 286 g/mol. The number of carboxylic acid groups (broad SMARTS) is 1. The van der Waals surface area contributed by atoms with E-state index in [1.54, 1.807) is 11.8 Å². The van der Waals surface area contributed by atoms with Gasteiger partial charge in [-0.3, -0.25) is 0 Å². The van der Waals surface area contributed by atoms with E-state index >= 15 is 0 Å². The topological polar surface area (TPSA) is 37.3 Å². The van der Waals surface area contributed by atoms with E-state index in [4.69, 9.17) is 5.11 Å². The van der Waals surface area contributed by atoms with Crippen LogP contribution in [0.15, 0.2) is 45.3 Å². The van der Waals surface area contributed by atoms with Crippen molar-refractivity contribution in [2.24, 2.45) is 0 Å². The molecule has 0 atom stereocenters. The van der Waals surface area contributed by atoms with Gasteiger partial charge in [0.2, 0.25) is 0 Å². The highest BCUT2D eigenvalue weighted by atomic mass is 79.9. The summed E-state index contributed by atoms with van der Waals surface area (Å²) in [7, 11) is 0. The Balaban J connectivity index is 2.50. The Morgan fingerprint density at radius 1 is 1.47 bits per heavy atom. The fourth-order valence-corrected chi connectivity index (χ4v) is 2.05. The van der Waals surface area contributed by atoms with Crippen molar-refractivity contribution in [1.82, 2.24) is 0 Å². The number of aliphatic carboxylic acids is 1. The molecule has 15 heavy (non-hydrogen) atoms. The van der Waals surface area contributed by atoms with Gasteiger partial charge in [0.05, 0.1) is 0 Å². The van der Waals surface area contributed by atoms with Crippen molar-refractivity contribution < 1.29 is 9.90 Å². The van der Waals surface area contributed by atoms with Gasteiger partial charge in [-0.25, -0.2) is 4.79 Å². The van der Waals surface area contributed by atoms with E-state index < -0.39 is 5.97 Å². The first-order chi connectivity index (χ1) is 7.08. The van der Waals surface area contributed by atoms with Crippen molar-refractivity contribution in [1.29, 1.82) is 0 Å². The second kappa shape index (κ2) is 5.98. The van der Waals surface area contributed by atoms with Crippen LogP contribution >= 0.6 is 27.7 Å². The van der Waals surface area contributed by atoms with Gasteiger partial charge in [0.25, 0.3) is 0 Å². The number of hydrogen-bond acceptors (Lipinski definition) is 2. The third-order valence-corrected chi connectivity index (χ3v) is 3.38. The second-order valence-electron chi connectivity index (χ2n) is 3.07. The first-order valence-electron chi connectivity index (χ1n) is 4.36. The minimum absolute atomic E-state index is 0.702. The van der Waals surface area contributed by atoms with Crippen LogP contribution in [0.3, 0.4) is 0 Å². The molecular weight excluding hydrogens is 276 g/mol. The molecule has 1 N–H and O–H groups in total. The average molecular weight is 287 g/mol. The van der Waals surface area contributed by atoms with Crippen molar-refractivity contribution in [3.05, 3.63) is 40.4 Å². The van der Waals surface area contributed by atoms with Gasteiger partial charge in [-0.15, -0.1) is 11.8 Å². The maximum Gasteiger partial charge on any atom is 0.328 e. The molecular formula is C11H11BrO2S. The molecule has 0 saturated heterocycles. The van der Waals surface area contributed by atoms with Crippen molar-refractivity contribution in [2.75, 3.05) is 5.75 Å². The van der Waals surface area contributed by atoms with Crippen LogP contribution in [0.5, 0.6) is 0 Å². The molecule has 1 aromatic carbocycles. The van der Waals surface area contributed by atoms with Crippen molar-refractivity contribution >= 4 is 33.7 Å². The first kappa shape index (κ1) is 12.3. The van der Waals surface area contributed by atoms with E-state index in [-0.39, 0.29) is 0 Å². The van der Waals surface area contributed by atoms with Crippen LogP contribution in [0, 0.1) is 0 Å². The van der Waals surface area contributed by atoms with Crippen LogP contribution in [-0.2, 0) is 4.79 Å². The van der Waals surface area contributed by atoms with E-state index in [1.165, 1.54) is 6.08 Å². The van der Waals surface area contributed by atoms with E-state index in [9.17, 15) is 4.79 Å². The molecule has 80 valence electrons. The number of rotatable bonds is 4. The van der Waals surface area contributed by atoms with Crippen LogP contribution in [0.1, 0.15) is 6.92 Å². The Morgan fingerprint density at radius 2 is 2.07 bits per heavy atom. The third-order valence-electron chi connectivity index (χ3n) is 1.65. The van der Waals surface area contributed by atoms with E-state index in [0.717, 1.165) is 14.9 Å². The molecule has 0 aromatic heterocycles. The van der Waals surface area contributed by atoms with Gasteiger partial charge in [-0.05, 0) is 31.2 Å². The zero-order valence-electron chi connectivity index (χ0n) is 8.24. The molecule has 0 aliphatic heterocycles. The van der Waals surface area contributed by atoms with Gasteiger partial charge in [0.15, 0.2) is 0 Å². The average Bonchev–Trinajstić information content (AvgIpc) is 2.16. The van der Waals surface area contributed by atoms with Gasteiger partial charge < -0.3 is 5.11 Å². The molecule has 0 aliphatic rings. The molecule has 0 aliphatic carbocycles. The molecule has 0 spiro atoms. The molecule has 4 heteroatoms. The second-order valence-corrected chi connectivity index (χ2v) is 5.04. The van der Waals surface area contributed by atoms with Gasteiger partial charge in [-0.1, -0.05) is 21.5 Å². The largest absolute Gasteiger partial charge is 0.478 e. The van der Waals surface area contributed by atoms with Crippen LogP contribution in [0.2, 0.25) is 0 Å². The molecule has 0 unspecified atom stereocenters. The fourth-order valence-electron chi connectivity index (χ4n) is 0.980. The van der Waals surface area contributed by atoms with Crippen LogP contribution < -0.4 is 0 Å². The Hall–Kier alpha value is -0.740. The van der Waals surface area contributed by atoms with Gasteiger partial charge in [-0.2, -0.15) is 0 Å². The standard InChI is InChI=1S/C11H11BrO2S/c1-8(6-11(13)14)7-15-10-4-2-9(12)3-5-10/h2-6H,7H2,1H3,(H,13,14). The Bertz CT molecular complexity index is 371. The van der Waals surface area contributed by atoms with Gasteiger partial charge >= 0.3 is 5.97 Å². The minimum Gasteiger partial charge on any atom is -0.478 e. The van der Waals surface area contributed by atoms with E-state index in [1.807, 2.05) is 31.2 Å². The molecule has 0 bridgehead atoms. The summed E-state index contributed by atoms with van der Waals surface area (Å²) in [6, 6.07) is 7.95. The maximum atomic E-state index is 10.4. The molecule has 1 rings (SSSR count). The van der Waals surface area contributed by atoms with Crippen molar-refractivity contribution in [2.45, 2.75) is 11.8 Å². The minimum atomic E-state index is -0.885. The lowest BCUT2D eigenvalue weighted by Gasteiger charge is -2.01. The number of hydrogen-bond donors (Lipinski definition) is 1.